The quantitative estimate of drug-likeness (QED) is 0.885. The molecule has 0 aliphatic heterocycles. The maximum absolute atomic E-state index is 11.9. The van der Waals surface area contributed by atoms with Crippen molar-refractivity contribution < 1.29 is 9.00 Å². The molecule has 0 saturated heterocycles. The average molecular weight is 263 g/mol. The predicted octanol–water partition coefficient (Wildman–Crippen LogP) is 1.71. The summed E-state index contributed by atoms with van der Waals surface area (Å²) in [7, 11) is -1.03. The molecule has 1 heterocycles. The van der Waals surface area contributed by atoms with Gasteiger partial charge in [-0.2, -0.15) is 5.10 Å². The number of anilines is 1. The van der Waals surface area contributed by atoms with Crippen molar-refractivity contribution in [2.24, 2.45) is 0 Å². The highest BCUT2D eigenvalue weighted by molar-refractivity contribution is 7.84. The smallest absolute Gasteiger partial charge is 0.255 e. The van der Waals surface area contributed by atoms with E-state index >= 15 is 0 Å². The molecule has 0 fully saturated rings. The van der Waals surface area contributed by atoms with Crippen LogP contribution in [0.4, 0.5) is 5.69 Å². The van der Waals surface area contributed by atoms with Gasteiger partial charge in [-0.25, -0.2) is 0 Å². The van der Waals surface area contributed by atoms with Gasteiger partial charge >= 0.3 is 0 Å². The molecular weight excluding hydrogens is 250 g/mol. The van der Waals surface area contributed by atoms with E-state index in [2.05, 4.69) is 15.5 Å². The molecule has 1 atom stereocenters. The van der Waals surface area contributed by atoms with E-state index in [0.717, 1.165) is 5.69 Å². The predicted molar refractivity (Wildman–Crippen MR) is 70.1 cm³/mol. The molecule has 94 valence electrons. The Morgan fingerprint density at radius 2 is 2.00 bits per heavy atom. The Morgan fingerprint density at radius 3 is 2.50 bits per heavy atom. The number of nitrogens with one attached hydrogen (secondary N) is 2. The fraction of sp³-hybridized carbons (Fsp3) is 0.167. The lowest BCUT2D eigenvalue weighted by molar-refractivity contribution is 0.102. The van der Waals surface area contributed by atoms with Crippen molar-refractivity contribution in [3.63, 3.8) is 0 Å². The van der Waals surface area contributed by atoms with E-state index in [1.165, 1.54) is 0 Å². The number of carbonyl (C=O) groups is 1. The van der Waals surface area contributed by atoms with Gasteiger partial charge in [-0.05, 0) is 31.2 Å². The summed E-state index contributed by atoms with van der Waals surface area (Å²) in [5.74, 6) is -0.215. The lowest BCUT2D eigenvalue weighted by Crippen LogP contribution is -2.12. The first kappa shape index (κ1) is 12.5. The number of rotatable bonds is 3. The lowest BCUT2D eigenvalue weighted by Gasteiger charge is -2.04. The Labute approximate surface area is 107 Å². The molecule has 0 saturated carbocycles. The van der Waals surface area contributed by atoms with Crippen LogP contribution in [0.5, 0.6) is 0 Å². The van der Waals surface area contributed by atoms with E-state index < -0.39 is 10.8 Å². The summed E-state index contributed by atoms with van der Waals surface area (Å²) in [5, 5.41) is 9.32. The molecule has 0 spiro atoms. The number of nitrogens with zero attached hydrogens (tertiary/aromatic N) is 1. The highest BCUT2D eigenvalue weighted by atomic mass is 32.2. The van der Waals surface area contributed by atoms with Crippen molar-refractivity contribution in [3.05, 3.63) is 41.7 Å². The van der Waals surface area contributed by atoms with Crippen LogP contribution in [0, 0.1) is 6.92 Å². The zero-order chi connectivity index (χ0) is 13.1. The molecule has 0 aliphatic rings. The number of aromatic nitrogens is 2. The number of benzene rings is 1. The Balaban J connectivity index is 2.14. The third kappa shape index (κ3) is 2.65. The molecule has 18 heavy (non-hydrogen) atoms. The summed E-state index contributed by atoms with van der Waals surface area (Å²) >= 11 is 0. The van der Waals surface area contributed by atoms with Gasteiger partial charge in [-0.3, -0.25) is 14.1 Å². The number of H-pyrrole nitrogens is 1. The zero-order valence-corrected chi connectivity index (χ0v) is 10.9. The van der Waals surface area contributed by atoms with Crippen molar-refractivity contribution in [2.45, 2.75) is 11.8 Å². The van der Waals surface area contributed by atoms with Crippen LogP contribution in [0.1, 0.15) is 16.1 Å². The zero-order valence-electron chi connectivity index (χ0n) is 10.1. The molecule has 0 bridgehead atoms. The summed E-state index contributed by atoms with van der Waals surface area (Å²) in [6.07, 6.45) is 3.16. The molecular formula is C12H13N3O2S. The van der Waals surface area contributed by atoms with Crippen molar-refractivity contribution in [2.75, 3.05) is 11.6 Å². The first-order valence-electron chi connectivity index (χ1n) is 5.33. The number of amides is 1. The van der Waals surface area contributed by atoms with Gasteiger partial charge < -0.3 is 5.32 Å². The van der Waals surface area contributed by atoms with Crippen molar-refractivity contribution in [3.8, 4) is 0 Å². The first-order chi connectivity index (χ1) is 8.58. The summed E-state index contributed by atoms with van der Waals surface area (Å²) < 4.78 is 11.2. The lowest BCUT2D eigenvalue weighted by atomic mass is 10.2. The van der Waals surface area contributed by atoms with Gasteiger partial charge in [0.05, 0.1) is 17.6 Å². The monoisotopic (exact) mass is 263 g/mol. The summed E-state index contributed by atoms with van der Waals surface area (Å²) in [6.45, 7) is 1.83. The Bertz CT molecular complexity index is 590. The number of hydrogen-bond donors (Lipinski definition) is 2. The maximum Gasteiger partial charge on any atom is 0.255 e. The fourth-order valence-corrected chi connectivity index (χ4v) is 1.99. The Morgan fingerprint density at radius 1 is 1.33 bits per heavy atom. The largest absolute Gasteiger partial charge is 0.319 e. The van der Waals surface area contributed by atoms with Gasteiger partial charge in [0.1, 0.15) is 0 Å². The van der Waals surface area contributed by atoms with E-state index in [0.29, 0.717) is 16.1 Å². The van der Waals surface area contributed by atoms with Gasteiger partial charge in [0.25, 0.3) is 5.91 Å². The standard InChI is InChI=1S/C12H13N3O2S/c1-8-11(7-13-15-8)14-12(16)9-3-5-10(6-4-9)18(2)17/h3-7H,1-2H3,(H,13,15)(H,14,16)/t18-/m0/s1. The number of aromatic amines is 1. The summed E-state index contributed by atoms with van der Waals surface area (Å²) in [5.41, 5.74) is 1.97. The molecule has 0 aliphatic carbocycles. The number of hydrogen-bond acceptors (Lipinski definition) is 3. The second-order valence-electron chi connectivity index (χ2n) is 3.84. The van der Waals surface area contributed by atoms with E-state index in [4.69, 9.17) is 0 Å². The van der Waals surface area contributed by atoms with E-state index in [1.54, 1.807) is 36.7 Å². The van der Waals surface area contributed by atoms with Crippen LogP contribution in [0.3, 0.4) is 0 Å². The summed E-state index contributed by atoms with van der Waals surface area (Å²) in [6, 6.07) is 6.68. The second kappa shape index (κ2) is 5.14. The first-order valence-corrected chi connectivity index (χ1v) is 6.88. The minimum atomic E-state index is -1.03. The molecule has 6 heteroatoms. The van der Waals surface area contributed by atoms with Crippen molar-refractivity contribution in [1.82, 2.24) is 10.2 Å². The minimum absolute atomic E-state index is 0.215. The van der Waals surface area contributed by atoms with E-state index in [-0.39, 0.29) is 5.91 Å². The molecule has 0 radical (unpaired) electrons. The topological polar surface area (TPSA) is 74.8 Å². The molecule has 1 aromatic carbocycles. The van der Waals surface area contributed by atoms with Crippen LogP contribution in [-0.2, 0) is 10.8 Å². The average Bonchev–Trinajstić information content (AvgIpc) is 2.75. The molecule has 5 nitrogen and oxygen atoms in total. The fourth-order valence-electron chi connectivity index (χ4n) is 1.47. The van der Waals surface area contributed by atoms with Crippen LogP contribution in [-0.4, -0.2) is 26.6 Å². The van der Waals surface area contributed by atoms with Crippen LogP contribution >= 0.6 is 0 Å². The third-order valence-electron chi connectivity index (χ3n) is 2.53. The van der Waals surface area contributed by atoms with Crippen molar-refractivity contribution in [1.29, 1.82) is 0 Å². The molecule has 1 aromatic heterocycles. The van der Waals surface area contributed by atoms with E-state index in [1.807, 2.05) is 6.92 Å². The van der Waals surface area contributed by atoms with Crippen LogP contribution in [0.25, 0.3) is 0 Å². The van der Waals surface area contributed by atoms with Gasteiger partial charge in [0.2, 0.25) is 0 Å². The van der Waals surface area contributed by atoms with E-state index in [9.17, 15) is 9.00 Å². The second-order valence-corrected chi connectivity index (χ2v) is 5.22. The van der Waals surface area contributed by atoms with Crippen LogP contribution in [0.2, 0.25) is 0 Å². The molecule has 1 amide bonds. The van der Waals surface area contributed by atoms with Gasteiger partial charge in [-0.15, -0.1) is 0 Å². The SMILES string of the molecule is Cc1[nH]ncc1NC(=O)c1ccc([S@](C)=O)cc1. The normalized spacial score (nSPS) is 12.1. The highest BCUT2D eigenvalue weighted by Gasteiger charge is 2.09. The molecule has 0 unspecified atom stereocenters. The van der Waals surface area contributed by atoms with Crippen LogP contribution in [0.15, 0.2) is 35.4 Å². The summed E-state index contributed by atoms with van der Waals surface area (Å²) in [4.78, 5) is 12.6. The van der Waals surface area contributed by atoms with Crippen molar-refractivity contribution >= 4 is 22.4 Å². The van der Waals surface area contributed by atoms with Gasteiger partial charge in [0, 0.05) is 27.5 Å². The number of aryl methyl sites for hydroxylation is 1. The maximum atomic E-state index is 11.9. The molecule has 2 aromatic rings. The van der Waals surface area contributed by atoms with Gasteiger partial charge in [0.15, 0.2) is 0 Å². The Hall–Kier alpha value is -1.95. The molecule has 2 rings (SSSR count). The minimum Gasteiger partial charge on any atom is -0.319 e. The third-order valence-corrected chi connectivity index (χ3v) is 3.46. The Kier molecular flexibility index (Phi) is 3.57. The number of carbonyl (C=O) groups excluding carboxylic acids is 1. The van der Waals surface area contributed by atoms with Crippen LogP contribution < -0.4 is 5.32 Å². The highest BCUT2D eigenvalue weighted by Crippen LogP contribution is 2.13. The molecule has 2 N–H and O–H groups in total. The van der Waals surface area contributed by atoms with Gasteiger partial charge in [-0.1, -0.05) is 0 Å².